The number of carboxylic acid groups (broad SMARTS) is 2. The molecule has 2 rings (SSSR count). The van der Waals surface area contributed by atoms with Gasteiger partial charge in [-0.05, 0) is 30.5 Å². The van der Waals surface area contributed by atoms with Crippen molar-refractivity contribution in [3.8, 4) is 0 Å². The number of aliphatic carboxylic acids is 2. The SMILES string of the molecule is Cc1cccc(C(=O)CC(Cc2ccccc2)=C(CC(=O)O)C(=O)O)c1. The summed E-state index contributed by atoms with van der Waals surface area (Å²) in [4.78, 5) is 35.3. The maximum Gasteiger partial charge on any atom is 0.332 e. The minimum atomic E-state index is -1.31. The molecule has 0 heterocycles. The maximum atomic E-state index is 12.6. The minimum absolute atomic E-state index is 0.132. The Kier molecular flexibility index (Phi) is 6.44. The predicted molar refractivity (Wildman–Crippen MR) is 97.2 cm³/mol. The highest BCUT2D eigenvalue weighted by molar-refractivity contribution is 6.00. The molecule has 5 heteroatoms. The Morgan fingerprint density at radius 3 is 2.15 bits per heavy atom. The number of carbonyl (C=O) groups is 3. The number of rotatable bonds is 8. The molecule has 0 fully saturated rings. The molecule has 134 valence electrons. The standard InChI is InChI=1S/C21H20O5/c1-14-6-5-9-16(10-14)19(22)12-17(11-15-7-3-2-4-8-15)18(21(25)26)13-20(23)24/h2-10H,11-13H2,1H3,(H,23,24)(H,25,26). The van der Waals surface area contributed by atoms with Gasteiger partial charge in [-0.1, -0.05) is 54.1 Å². The first-order valence-electron chi connectivity index (χ1n) is 8.16. The molecule has 0 radical (unpaired) electrons. The Morgan fingerprint density at radius 1 is 0.885 bits per heavy atom. The first-order chi connectivity index (χ1) is 12.4. The van der Waals surface area contributed by atoms with Gasteiger partial charge in [0, 0.05) is 17.6 Å². The zero-order valence-corrected chi connectivity index (χ0v) is 14.4. The van der Waals surface area contributed by atoms with E-state index in [4.69, 9.17) is 5.11 Å². The highest BCUT2D eigenvalue weighted by Gasteiger charge is 2.21. The molecule has 0 aliphatic rings. The van der Waals surface area contributed by atoms with Crippen molar-refractivity contribution < 1.29 is 24.6 Å². The van der Waals surface area contributed by atoms with Crippen molar-refractivity contribution in [3.63, 3.8) is 0 Å². The Morgan fingerprint density at radius 2 is 1.58 bits per heavy atom. The first kappa shape index (κ1) is 19.1. The molecule has 0 bridgehead atoms. The summed E-state index contributed by atoms with van der Waals surface area (Å²) in [5, 5.41) is 18.5. The molecule has 2 N–H and O–H groups in total. The molecule has 0 saturated carbocycles. The van der Waals surface area contributed by atoms with Gasteiger partial charge in [0.15, 0.2) is 5.78 Å². The van der Waals surface area contributed by atoms with Gasteiger partial charge in [-0.15, -0.1) is 0 Å². The molecule has 5 nitrogen and oxygen atoms in total. The highest BCUT2D eigenvalue weighted by atomic mass is 16.4. The van der Waals surface area contributed by atoms with Crippen LogP contribution in [0.4, 0.5) is 0 Å². The average Bonchev–Trinajstić information content (AvgIpc) is 2.59. The molecule has 26 heavy (non-hydrogen) atoms. The normalized spacial score (nSPS) is 11.6. The molecule has 0 atom stereocenters. The lowest BCUT2D eigenvalue weighted by molar-refractivity contribution is -0.139. The van der Waals surface area contributed by atoms with E-state index < -0.39 is 18.4 Å². The van der Waals surface area contributed by atoms with E-state index in [2.05, 4.69) is 0 Å². The molecular formula is C21H20O5. The van der Waals surface area contributed by atoms with Crippen molar-refractivity contribution in [2.45, 2.75) is 26.2 Å². The van der Waals surface area contributed by atoms with E-state index in [1.807, 2.05) is 43.3 Å². The summed E-state index contributed by atoms with van der Waals surface area (Å²) in [5.74, 6) is -2.78. The van der Waals surface area contributed by atoms with Gasteiger partial charge in [-0.25, -0.2) is 4.79 Å². The topological polar surface area (TPSA) is 91.7 Å². The minimum Gasteiger partial charge on any atom is -0.481 e. The fourth-order valence-corrected chi connectivity index (χ4v) is 2.74. The second-order valence-corrected chi connectivity index (χ2v) is 6.09. The summed E-state index contributed by atoms with van der Waals surface area (Å²) >= 11 is 0. The van der Waals surface area contributed by atoms with E-state index in [9.17, 15) is 19.5 Å². The Balaban J connectivity index is 2.40. The highest BCUT2D eigenvalue weighted by Crippen LogP contribution is 2.21. The summed E-state index contributed by atoms with van der Waals surface area (Å²) < 4.78 is 0. The summed E-state index contributed by atoms with van der Waals surface area (Å²) in [6.45, 7) is 1.87. The molecule has 0 saturated heterocycles. The average molecular weight is 352 g/mol. The fourth-order valence-electron chi connectivity index (χ4n) is 2.74. The zero-order chi connectivity index (χ0) is 19.1. The molecule has 0 aliphatic heterocycles. The molecule has 0 spiro atoms. The number of benzene rings is 2. The number of carbonyl (C=O) groups excluding carboxylic acids is 1. The van der Waals surface area contributed by atoms with Crippen molar-refractivity contribution in [1.29, 1.82) is 0 Å². The van der Waals surface area contributed by atoms with Gasteiger partial charge < -0.3 is 10.2 Å². The van der Waals surface area contributed by atoms with Crippen LogP contribution in [-0.2, 0) is 16.0 Å². The number of hydrogen-bond acceptors (Lipinski definition) is 3. The largest absolute Gasteiger partial charge is 0.481 e. The van der Waals surface area contributed by atoms with Crippen LogP contribution in [0.1, 0.15) is 34.3 Å². The summed E-state index contributed by atoms with van der Waals surface area (Å²) in [7, 11) is 0. The van der Waals surface area contributed by atoms with Crippen LogP contribution >= 0.6 is 0 Å². The Labute approximate surface area is 151 Å². The van der Waals surface area contributed by atoms with E-state index in [1.54, 1.807) is 18.2 Å². The van der Waals surface area contributed by atoms with Crippen LogP contribution in [-0.4, -0.2) is 27.9 Å². The zero-order valence-electron chi connectivity index (χ0n) is 14.4. The predicted octanol–water partition coefficient (Wildman–Crippen LogP) is 3.67. The van der Waals surface area contributed by atoms with Crippen molar-refractivity contribution in [1.82, 2.24) is 0 Å². The van der Waals surface area contributed by atoms with Gasteiger partial charge >= 0.3 is 11.9 Å². The van der Waals surface area contributed by atoms with Crippen LogP contribution < -0.4 is 0 Å². The molecular weight excluding hydrogens is 332 g/mol. The number of carboxylic acids is 2. The van der Waals surface area contributed by atoms with Crippen molar-refractivity contribution >= 4 is 17.7 Å². The van der Waals surface area contributed by atoms with Crippen LogP contribution in [0.15, 0.2) is 65.7 Å². The summed E-state index contributed by atoms with van der Waals surface area (Å²) in [6.07, 6.45) is -0.542. The first-order valence-corrected chi connectivity index (χ1v) is 8.16. The molecule has 0 amide bonds. The summed E-state index contributed by atoms with van der Waals surface area (Å²) in [6, 6.07) is 16.1. The third-order valence-corrected chi connectivity index (χ3v) is 3.99. The number of ketones is 1. The molecule has 0 aliphatic carbocycles. The number of Topliss-reactive ketones (excluding diaryl/α,β-unsaturated/α-hetero) is 1. The second kappa shape index (κ2) is 8.76. The van der Waals surface area contributed by atoms with Crippen LogP contribution in [0.2, 0.25) is 0 Å². The third-order valence-electron chi connectivity index (χ3n) is 3.99. The van der Waals surface area contributed by atoms with Gasteiger partial charge in [-0.2, -0.15) is 0 Å². The lowest BCUT2D eigenvalue weighted by Gasteiger charge is -2.12. The van der Waals surface area contributed by atoms with E-state index in [-0.39, 0.29) is 24.2 Å². The molecule has 2 aromatic rings. The quantitative estimate of drug-likeness (QED) is 0.559. The third kappa shape index (κ3) is 5.41. The van der Waals surface area contributed by atoms with E-state index in [0.29, 0.717) is 11.1 Å². The van der Waals surface area contributed by atoms with E-state index in [1.165, 1.54) is 0 Å². The van der Waals surface area contributed by atoms with E-state index in [0.717, 1.165) is 11.1 Å². The monoisotopic (exact) mass is 352 g/mol. The van der Waals surface area contributed by atoms with Crippen molar-refractivity contribution in [2.75, 3.05) is 0 Å². The van der Waals surface area contributed by atoms with Crippen molar-refractivity contribution in [2.24, 2.45) is 0 Å². The van der Waals surface area contributed by atoms with Gasteiger partial charge in [0.25, 0.3) is 0 Å². The fraction of sp³-hybridized carbons (Fsp3) is 0.190. The second-order valence-electron chi connectivity index (χ2n) is 6.09. The number of hydrogen-bond donors (Lipinski definition) is 2. The molecule has 2 aromatic carbocycles. The van der Waals surface area contributed by atoms with Crippen LogP contribution in [0, 0.1) is 6.92 Å². The van der Waals surface area contributed by atoms with Gasteiger partial charge in [0.2, 0.25) is 0 Å². The van der Waals surface area contributed by atoms with Crippen molar-refractivity contribution in [3.05, 3.63) is 82.4 Å². The molecule has 0 aromatic heterocycles. The maximum absolute atomic E-state index is 12.6. The van der Waals surface area contributed by atoms with Crippen LogP contribution in [0.3, 0.4) is 0 Å². The van der Waals surface area contributed by atoms with Gasteiger partial charge in [0.05, 0.1) is 6.42 Å². The summed E-state index contributed by atoms with van der Waals surface area (Å²) in [5.41, 5.74) is 2.31. The van der Waals surface area contributed by atoms with Crippen LogP contribution in [0.25, 0.3) is 0 Å². The van der Waals surface area contributed by atoms with Gasteiger partial charge in [-0.3, -0.25) is 9.59 Å². The lowest BCUT2D eigenvalue weighted by atomic mass is 9.92. The van der Waals surface area contributed by atoms with Crippen LogP contribution in [0.5, 0.6) is 0 Å². The van der Waals surface area contributed by atoms with Gasteiger partial charge in [0.1, 0.15) is 0 Å². The Hall–Kier alpha value is -3.21. The smallest absolute Gasteiger partial charge is 0.332 e. The Bertz CT molecular complexity index is 850. The lowest BCUT2D eigenvalue weighted by Crippen LogP contribution is -2.14. The van der Waals surface area contributed by atoms with E-state index >= 15 is 0 Å². The number of aryl methyl sites for hydroxylation is 1. The number of allylic oxidation sites excluding steroid dienone is 1. The molecule has 0 unspecified atom stereocenters.